The van der Waals surface area contributed by atoms with Crippen LogP contribution in [0.5, 0.6) is 0 Å². The Morgan fingerprint density at radius 3 is 2.50 bits per heavy atom. The van der Waals surface area contributed by atoms with E-state index in [0.29, 0.717) is 0 Å². The van der Waals surface area contributed by atoms with Crippen LogP contribution >= 0.6 is 0 Å². The van der Waals surface area contributed by atoms with E-state index in [2.05, 4.69) is 5.32 Å². The fraction of sp³-hybridized carbons (Fsp3) is 0.714. The highest BCUT2D eigenvalue weighted by Gasteiger charge is 2.39. The number of hydrogen-bond acceptors (Lipinski definition) is 2. The van der Waals surface area contributed by atoms with Gasteiger partial charge in [-0.2, -0.15) is 13.2 Å². The monoisotopic (exact) mass is 210 g/mol. The summed E-state index contributed by atoms with van der Waals surface area (Å²) in [6.07, 6.45) is -4.64. The van der Waals surface area contributed by atoms with Crippen LogP contribution < -0.4 is 5.32 Å². The van der Waals surface area contributed by atoms with Gasteiger partial charge < -0.3 is 5.32 Å². The number of hydrogen-bond donors (Lipinski definition) is 1. The zero-order valence-electron chi connectivity index (χ0n) is 7.39. The third-order valence-electron chi connectivity index (χ3n) is 1.73. The smallest absolute Gasteiger partial charge is 0.335 e. The van der Waals surface area contributed by atoms with Gasteiger partial charge in [0.1, 0.15) is 6.54 Å². The average Bonchev–Trinajstić information content (AvgIpc) is 1.95. The van der Waals surface area contributed by atoms with Crippen LogP contribution in [0.1, 0.15) is 13.3 Å². The maximum absolute atomic E-state index is 11.9. The van der Waals surface area contributed by atoms with Crippen LogP contribution in [0.25, 0.3) is 0 Å². The number of rotatable bonds is 1. The van der Waals surface area contributed by atoms with E-state index in [1.807, 2.05) is 0 Å². The molecule has 1 aliphatic rings. The van der Waals surface area contributed by atoms with Gasteiger partial charge in [-0.25, -0.2) is 4.79 Å². The van der Waals surface area contributed by atoms with Crippen molar-refractivity contribution in [1.82, 2.24) is 10.2 Å². The normalized spacial score (nSPS) is 23.7. The van der Waals surface area contributed by atoms with Crippen molar-refractivity contribution in [2.75, 3.05) is 6.54 Å². The number of urea groups is 1. The minimum atomic E-state index is -4.55. The van der Waals surface area contributed by atoms with Crippen LogP contribution in [0.2, 0.25) is 0 Å². The summed E-state index contributed by atoms with van der Waals surface area (Å²) in [6.45, 7) is 0.0329. The SMILES string of the molecule is CC1CC(=O)N(CC(F)(F)F)C(=O)N1. The van der Waals surface area contributed by atoms with Gasteiger partial charge in [0.2, 0.25) is 5.91 Å². The fourth-order valence-electron chi connectivity index (χ4n) is 1.16. The van der Waals surface area contributed by atoms with Gasteiger partial charge in [-0.1, -0.05) is 0 Å². The van der Waals surface area contributed by atoms with Gasteiger partial charge >= 0.3 is 12.2 Å². The van der Waals surface area contributed by atoms with Crippen LogP contribution in [0.4, 0.5) is 18.0 Å². The number of carbonyl (C=O) groups excluding carboxylic acids is 2. The van der Waals surface area contributed by atoms with E-state index in [0.717, 1.165) is 0 Å². The number of carbonyl (C=O) groups is 2. The van der Waals surface area contributed by atoms with Crippen molar-refractivity contribution >= 4 is 11.9 Å². The molecule has 0 aliphatic carbocycles. The molecule has 1 fully saturated rings. The summed E-state index contributed by atoms with van der Waals surface area (Å²) in [7, 11) is 0. The number of amides is 3. The van der Waals surface area contributed by atoms with Gasteiger partial charge in [-0.15, -0.1) is 0 Å². The first-order chi connectivity index (χ1) is 6.29. The molecular weight excluding hydrogens is 201 g/mol. The van der Waals surface area contributed by atoms with Gasteiger partial charge in [-0.3, -0.25) is 9.69 Å². The molecule has 1 saturated heterocycles. The Kier molecular flexibility index (Phi) is 2.68. The summed E-state index contributed by atoms with van der Waals surface area (Å²) in [5, 5.41) is 2.25. The van der Waals surface area contributed by atoms with Crippen molar-refractivity contribution in [1.29, 1.82) is 0 Å². The zero-order valence-corrected chi connectivity index (χ0v) is 7.39. The summed E-state index contributed by atoms with van der Waals surface area (Å²) >= 11 is 0. The topological polar surface area (TPSA) is 49.4 Å². The fourth-order valence-corrected chi connectivity index (χ4v) is 1.16. The lowest BCUT2D eigenvalue weighted by Crippen LogP contribution is -2.56. The second-order valence-corrected chi connectivity index (χ2v) is 3.15. The van der Waals surface area contributed by atoms with E-state index in [9.17, 15) is 22.8 Å². The van der Waals surface area contributed by atoms with Crippen molar-refractivity contribution in [3.05, 3.63) is 0 Å². The average molecular weight is 210 g/mol. The molecule has 80 valence electrons. The van der Waals surface area contributed by atoms with Crippen LogP contribution in [0, 0.1) is 0 Å². The first-order valence-electron chi connectivity index (χ1n) is 3.97. The predicted octanol–water partition coefficient (Wildman–Crippen LogP) is 0.879. The Hall–Kier alpha value is -1.27. The number of nitrogens with zero attached hydrogens (tertiary/aromatic N) is 1. The van der Waals surface area contributed by atoms with Crippen molar-refractivity contribution in [2.45, 2.75) is 25.6 Å². The van der Waals surface area contributed by atoms with Gasteiger partial charge in [0.15, 0.2) is 0 Å². The van der Waals surface area contributed by atoms with E-state index in [4.69, 9.17) is 0 Å². The van der Waals surface area contributed by atoms with Crippen LogP contribution in [0.3, 0.4) is 0 Å². The second kappa shape index (κ2) is 3.47. The maximum Gasteiger partial charge on any atom is 0.406 e. The van der Waals surface area contributed by atoms with Crippen LogP contribution in [0.15, 0.2) is 0 Å². The molecule has 0 aromatic heterocycles. The largest absolute Gasteiger partial charge is 0.406 e. The van der Waals surface area contributed by atoms with E-state index in [1.165, 1.54) is 0 Å². The van der Waals surface area contributed by atoms with Crippen molar-refractivity contribution in [2.24, 2.45) is 0 Å². The molecular formula is C7H9F3N2O2. The molecule has 4 nitrogen and oxygen atoms in total. The summed E-state index contributed by atoms with van der Waals surface area (Å²) in [6, 6.07) is -1.38. The molecule has 3 amide bonds. The van der Waals surface area contributed by atoms with E-state index >= 15 is 0 Å². The van der Waals surface area contributed by atoms with Crippen molar-refractivity contribution in [3.8, 4) is 0 Å². The summed E-state index contributed by atoms with van der Waals surface area (Å²) in [5.74, 6) is -0.793. The molecule has 1 unspecified atom stereocenters. The minimum Gasteiger partial charge on any atom is -0.335 e. The molecule has 0 saturated carbocycles. The molecule has 0 bridgehead atoms. The van der Waals surface area contributed by atoms with Crippen LogP contribution in [-0.2, 0) is 4.79 Å². The van der Waals surface area contributed by atoms with E-state index < -0.39 is 30.7 Å². The third-order valence-corrected chi connectivity index (χ3v) is 1.73. The predicted molar refractivity (Wildman–Crippen MR) is 40.4 cm³/mol. The maximum atomic E-state index is 11.9. The highest BCUT2D eigenvalue weighted by Crippen LogP contribution is 2.19. The van der Waals surface area contributed by atoms with Gasteiger partial charge in [0.05, 0.1) is 0 Å². The molecule has 14 heavy (non-hydrogen) atoms. The molecule has 1 heterocycles. The quantitative estimate of drug-likeness (QED) is 0.698. The van der Waals surface area contributed by atoms with Gasteiger partial charge in [0.25, 0.3) is 0 Å². The number of imide groups is 1. The summed E-state index contributed by atoms with van der Waals surface area (Å²) in [4.78, 5) is 22.2. The third kappa shape index (κ3) is 2.61. The highest BCUT2D eigenvalue weighted by molar-refractivity contribution is 5.97. The van der Waals surface area contributed by atoms with E-state index in [-0.39, 0.29) is 11.3 Å². The van der Waals surface area contributed by atoms with Gasteiger partial charge in [-0.05, 0) is 6.92 Å². The van der Waals surface area contributed by atoms with Crippen LogP contribution in [-0.4, -0.2) is 35.6 Å². The first-order valence-corrected chi connectivity index (χ1v) is 3.97. The Balaban J connectivity index is 2.68. The molecule has 1 rings (SSSR count). The molecule has 0 aromatic carbocycles. The molecule has 0 aromatic rings. The Bertz CT molecular complexity index is 246. The summed E-state index contributed by atoms with van der Waals surface area (Å²) < 4.78 is 35.7. The summed E-state index contributed by atoms with van der Waals surface area (Å²) in [5.41, 5.74) is 0. The molecule has 1 atom stereocenters. The van der Waals surface area contributed by atoms with Crippen molar-refractivity contribution < 1.29 is 22.8 Å². The highest BCUT2D eigenvalue weighted by atomic mass is 19.4. The Labute approximate surface area is 78.1 Å². The lowest BCUT2D eigenvalue weighted by molar-refractivity contribution is -0.156. The molecule has 0 spiro atoms. The molecule has 1 N–H and O–H groups in total. The minimum absolute atomic E-state index is 0.0954. The zero-order chi connectivity index (χ0) is 10.9. The standard InChI is InChI=1S/C7H9F3N2O2/c1-4-2-5(13)12(6(14)11-4)3-7(8,9)10/h4H,2-3H2,1H3,(H,11,14). The Morgan fingerprint density at radius 2 is 2.07 bits per heavy atom. The second-order valence-electron chi connectivity index (χ2n) is 3.15. The number of halogens is 3. The molecule has 1 aliphatic heterocycles. The Morgan fingerprint density at radius 1 is 1.50 bits per heavy atom. The first kappa shape index (κ1) is 10.8. The number of nitrogens with one attached hydrogen (secondary N) is 1. The molecule has 0 radical (unpaired) electrons. The lowest BCUT2D eigenvalue weighted by Gasteiger charge is -2.29. The van der Waals surface area contributed by atoms with Gasteiger partial charge in [0, 0.05) is 12.5 Å². The van der Waals surface area contributed by atoms with E-state index in [1.54, 1.807) is 6.92 Å². The lowest BCUT2D eigenvalue weighted by atomic mass is 10.2. The number of alkyl halides is 3. The molecule has 7 heteroatoms. The van der Waals surface area contributed by atoms with Crippen molar-refractivity contribution in [3.63, 3.8) is 0 Å².